The fourth-order valence-electron chi connectivity index (χ4n) is 3.25. The summed E-state index contributed by atoms with van der Waals surface area (Å²) in [6.45, 7) is 0.471. The summed E-state index contributed by atoms with van der Waals surface area (Å²) in [5, 5.41) is 2.66. The van der Waals surface area contributed by atoms with Crippen LogP contribution >= 0.6 is 0 Å². The average Bonchev–Trinajstić information content (AvgIpc) is 3.05. The maximum Gasteiger partial charge on any atom is 0.258 e. The lowest BCUT2D eigenvalue weighted by Crippen LogP contribution is -2.23. The van der Waals surface area contributed by atoms with Crippen LogP contribution in [-0.4, -0.2) is 18.9 Å². The zero-order chi connectivity index (χ0) is 19.7. The average molecular weight is 376 g/mol. The second-order valence-electron chi connectivity index (χ2n) is 6.37. The van der Waals surface area contributed by atoms with Gasteiger partial charge in [0, 0.05) is 17.3 Å². The molecule has 5 nitrogen and oxygen atoms in total. The fourth-order valence-corrected chi connectivity index (χ4v) is 3.25. The number of fused-ring (bicyclic) bond motifs is 1. The van der Waals surface area contributed by atoms with Crippen LogP contribution in [0.5, 0.6) is 5.75 Å². The molecule has 140 valence electrons. The Balaban J connectivity index is 1.60. The molecule has 0 aromatic heterocycles. The van der Waals surface area contributed by atoms with Crippen LogP contribution in [0, 0.1) is 5.82 Å². The number of hydrogen-bond donors (Lipinski definition) is 1. The molecular formula is C22H17FN2O3. The number of amides is 2. The van der Waals surface area contributed by atoms with E-state index in [0.29, 0.717) is 29.2 Å². The maximum absolute atomic E-state index is 13.8. The van der Waals surface area contributed by atoms with Crippen molar-refractivity contribution in [3.05, 3.63) is 89.2 Å². The van der Waals surface area contributed by atoms with E-state index in [1.165, 1.54) is 25.3 Å². The number of ether oxygens (including phenoxy) is 1. The minimum atomic E-state index is -0.601. The van der Waals surface area contributed by atoms with E-state index in [-0.39, 0.29) is 11.5 Å². The van der Waals surface area contributed by atoms with Gasteiger partial charge in [-0.2, -0.15) is 0 Å². The minimum Gasteiger partial charge on any atom is -0.494 e. The van der Waals surface area contributed by atoms with E-state index < -0.39 is 11.7 Å². The van der Waals surface area contributed by atoms with Gasteiger partial charge in [-0.05, 0) is 35.9 Å². The monoisotopic (exact) mass is 376 g/mol. The zero-order valence-electron chi connectivity index (χ0n) is 15.1. The second kappa shape index (κ2) is 7.15. The van der Waals surface area contributed by atoms with Crippen molar-refractivity contribution in [3.8, 4) is 5.75 Å². The molecule has 0 saturated heterocycles. The van der Waals surface area contributed by atoms with Gasteiger partial charge in [-0.1, -0.05) is 30.3 Å². The van der Waals surface area contributed by atoms with Crippen molar-refractivity contribution in [2.75, 3.05) is 17.3 Å². The Kier molecular flexibility index (Phi) is 4.53. The van der Waals surface area contributed by atoms with Gasteiger partial charge in [-0.15, -0.1) is 0 Å². The third-order valence-electron chi connectivity index (χ3n) is 4.68. The number of rotatable bonds is 4. The molecule has 1 aliphatic rings. The van der Waals surface area contributed by atoms with Crippen LogP contribution in [0.15, 0.2) is 66.7 Å². The van der Waals surface area contributed by atoms with E-state index in [2.05, 4.69) is 5.32 Å². The summed E-state index contributed by atoms with van der Waals surface area (Å²) in [5.74, 6) is -0.878. The van der Waals surface area contributed by atoms with E-state index in [1.807, 2.05) is 18.2 Å². The van der Waals surface area contributed by atoms with Gasteiger partial charge in [0.2, 0.25) is 0 Å². The summed E-state index contributed by atoms with van der Waals surface area (Å²) in [6.07, 6.45) is 0. The normalized spacial score (nSPS) is 12.6. The van der Waals surface area contributed by atoms with Crippen molar-refractivity contribution in [2.24, 2.45) is 0 Å². The first kappa shape index (κ1) is 17.7. The third kappa shape index (κ3) is 3.09. The Bertz CT molecular complexity index is 1080. The molecule has 0 saturated carbocycles. The van der Waals surface area contributed by atoms with Crippen LogP contribution in [0.4, 0.5) is 15.8 Å². The Morgan fingerprint density at radius 1 is 1.07 bits per heavy atom. The first-order valence-electron chi connectivity index (χ1n) is 8.72. The Hall–Kier alpha value is -3.67. The van der Waals surface area contributed by atoms with E-state index in [9.17, 15) is 14.0 Å². The molecule has 2 amide bonds. The summed E-state index contributed by atoms with van der Waals surface area (Å²) in [5.41, 5.74) is 2.63. The molecule has 28 heavy (non-hydrogen) atoms. The zero-order valence-corrected chi connectivity index (χ0v) is 15.1. The van der Waals surface area contributed by atoms with Crippen molar-refractivity contribution < 1.29 is 18.7 Å². The van der Waals surface area contributed by atoms with Crippen LogP contribution in [-0.2, 0) is 6.54 Å². The van der Waals surface area contributed by atoms with Gasteiger partial charge in [0.05, 0.1) is 24.9 Å². The van der Waals surface area contributed by atoms with Crippen molar-refractivity contribution in [2.45, 2.75) is 6.54 Å². The number of carbonyl (C=O) groups excluding carboxylic acids is 2. The summed E-state index contributed by atoms with van der Waals surface area (Å²) >= 11 is 0. The number of nitrogens with zero attached hydrogens (tertiary/aromatic N) is 1. The molecule has 1 heterocycles. The summed E-state index contributed by atoms with van der Waals surface area (Å²) in [7, 11) is 1.47. The molecular weight excluding hydrogens is 359 g/mol. The number of anilines is 2. The number of nitrogens with one attached hydrogen (secondary N) is 1. The molecule has 0 fully saturated rings. The van der Waals surface area contributed by atoms with Gasteiger partial charge in [-0.3, -0.25) is 9.59 Å². The molecule has 4 rings (SSSR count). The number of carbonyl (C=O) groups is 2. The highest BCUT2D eigenvalue weighted by atomic mass is 19.1. The van der Waals surface area contributed by atoms with Crippen LogP contribution in [0.25, 0.3) is 0 Å². The van der Waals surface area contributed by atoms with Crippen LogP contribution in [0.2, 0.25) is 0 Å². The molecule has 3 aromatic rings. The molecule has 3 aromatic carbocycles. The molecule has 1 aliphatic heterocycles. The Labute approximate surface area is 161 Å². The predicted octanol–water partition coefficient (Wildman–Crippen LogP) is 4.25. The smallest absolute Gasteiger partial charge is 0.258 e. The quantitative estimate of drug-likeness (QED) is 0.741. The minimum absolute atomic E-state index is 0.0567. The molecule has 0 radical (unpaired) electrons. The van der Waals surface area contributed by atoms with E-state index >= 15 is 0 Å². The first-order chi connectivity index (χ1) is 13.6. The van der Waals surface area contributed by atoms with Crippen LogP contribution in [0.3, 0.4) is 0 Å². The van der Waals surface area contributed by atoms with Gasteiger partial charge < -0.3 is 15.0 Å². The van der Waals surface area contributed by atoms with Gasteiger partial charge in [0.1, 0.15) is 11.6 Å². The number of methoxy groups -OCH3 is 1. The summed E-state index contributed by atoms with van der Waals surface area (Å²) < 4.78 is 19.2. The number of halogens is 1. The summed E-state index contributed by atoms with van der Waals surface area (Å²) in [4.78, 5) is 26.7. The summed E-state index contributed by atoms with van der Waals surface area (Å²) in [6, 6.07) is 18.3. The Morgan fingerprint density at radius 2 is 1.82 bits per heavy atom. The van der Waals surface area contributed by atoms with Crippen LogP contribution in [0.1, 0.15) is 26.3 Å². The topological polar surface area (TPSA) is 58.6 Å². The molecule has 6 heteroatoms. The highest BCUT2D eigenvalue weighted by molar-refractivity contribution is 6.10. The second-order valence-corrected chi connectivity index (χ2v) is 6.37. The van der Waals surface area contributed by atoms with Gasteiger partial charge in [0.15, 0.2) is 0 Å². The van der Waals surface area contributed by atoms with Crippen molar-refractivity contribution in [1.29, 1.82) is 0 Å². The number of benzene rings is 3. The fraction of sp³-hybridized carbons (Fsp3) is 0.0909. The van der Waals surface area contributed by atoms with Crippen molar-refractivity contribution in [3.63, 3.8) is 0 Å². The highest BCUT2D eigenvalue weighted by Crippen LogP contribution is 2.34. The van der Waals surface area contributed by atoms with Gasteiger partial charge in [0.25, 0.3) is 11.8 Å². The maximum atomic E-state index is 13.8. The molecule has 0 unspecified atom stereocenters. The van der Waals surface area contributed by atoms with Crippen molar-refractivity contribution >= 4 is 23.2 Å². The van der Waals surface area contributed by atoms with Gasteiger partial charge in [-0.25, -0.2) is 4.39 Å². The molecule has 0 bridgehead atoms. The largest absolute Gasteiger partial charge is 0.494 e. The molecule has 0 spiro atoms. The predicted molar refractivity (Wildman–Crippen MR) is 104 cm³/mol. The standard InChI is InChI=1S/C22H17FN2O3/c1-28-20-12-15(25-13-14-6-2-3-7-16(14)22(25)27)10-11-19(20)24-21(26)17-8-4-5-9-18(17)23/h2-12H,13H2,1H3,(H,24,26). The SMILES string of the molecule is COc1cc(N2Cc3ccccc3C2=O)ccc1NC(=O)c1ccccc1F. The highest BCUT2D eigenvalue weighted by Gasteiger charge is 2.28. The molecule has 0 aliphatic carbocycles. The lowest BCUT2D eigenvalue weighted by molar-refractivity contribution is 0.0993. The van der Waals surface area contributed by atoms with E-state index in [0.717, 1.165) is 5.56 Å². The number of hydrogen-bond acceptors (Lipinski definition) is 3. The van der Waals surface area contributed by atoms with Gasteiger partial charge >= 0.3 is 0 Å². The third-order valence-corrected chi connectivity index (χ3v) is 4.68. The first-order valence-corrected chi connectivity index (χ1v) is 8.72. The van der Waals surface area contributed by atoms with E-state index in [1.54, 1.807) is 35.2 Å². The van der Waals surface area contributed by atoms with Crippen LogP contribution < -0.4 is 15.0 Å². The Morgan fingerprint density at radius 3 is 2.57 bits per heavy atom. The molecule has 0 atom stereocenters. The van der Waals surface area contributed by atoms with Crippen molar-refractivity contribution in [1.82, 2.24) is 0 Å². The van der Waals surface area contributed by atoms with E-state index in [4.69, 9.17) is 4.74 Å². The lowest BCUT2D eigenvalue weighted by atomic mass is 10.1. The molecule has 1 N–H and O–H groups in total. The lowest BCUT2D eigenvalue weighted by Gasteiger charge is -2.18.